The van der Waals surface area contributed by atoms with Gasteiger partial charge in [-0.25, -0.2) is 0 Å². The molecule has 1 atom stereocenters. The second kappa shape index (κ2) is 2.97. The SMILES string of the molecule is CCC1C=CNC(=S)C1. The van der Waals surface area contributed by atoms with Crippen molar-refractivity contribution in [3.05, 3.63) is 12.3 Å². The first-order valence-corrected chi connectivity index (χ1v) is 3.69. The lowest BCUT2D eigenvalue weighted by molar-refractivity contribution is 0.639. The number of hydrogen-bond acceptors (Lipinski definition) is 1. The molecule has 2 heteroatoms. The minimum absolute atomic E-state index is 0.679. The van der Waals surface area contributed by atoms with E-state index in [1.807, 2.05) is 6.20 Å². The summed E-state index contributed by atoms with van der Waals surface area (Å²) in [5.74, 6) is 0.679. The lowest BCUT2D eigenvalue weighted by Gasteiger charge is -2.15. The van der Waals surface area contributed by atoms with Crippen LogP contribution in [0.15, 0.2) is 12.3 Å². The van der Waals surface area contributed by atoms with E-state index in [0.29, 0.717) is 5.92 Å². The fourth-order valence-electron chi connectivity index (χ4n) is 0.923. The van der Waals surface area contributed by atoms with Crippen LogP contribution in [-0.2, 0) is 0 Å². The summed E-state index contributed by atoms with van der Waals surface area (Å²) >= 11 is 4.99. The Labute approximate surface area is 61.1 Å². The Morgan fingerprint density at radius 2 is 2.67 bits per heavy atom. The van der Waals surface area contributed by atoms with Gasteiger partial charge in [-0.2, -0.15) is 0 Å². The van der Waals surface area contributed by atoms with Gasteiger partial charge >= 0.3 is 0 Å². The molecule has 9 heavy (non-hydrogen) atoms. The fourth-order valence-corrected chi connectivity index (χ4v) is 1.20. The van der Waals surface area contributed by atoms with Crippen molar-refractivity contribution in [2.45, 2.75) is 19.8 Å². The highest BCUT2D eigenvalue weighted by molar-refractivity contribution is 7.80. The van der Waals surface area contributed by atoms with Crippen LogP contribution in [-0.4, -0.2) is 4.99 Å². The number of hydrogen-bond donors (Lipinski definition) is 1. The molecule has 1 unspecified atom stereocenters. The van der Waals surface area contributed by atoms with E-state index in [1.54, 1.807) is 0 Å². The number of nitrogens with one attached hydrogen (secondary N) is 1. The maximum atomic E-state index is 4.99. The van der Waals surface area contributed by atoms with Gasteiger partial charge in [-0.1, -0.05) is 25.2 Å². The van der Waals surface area contributed by atoms with E-state index in [0.717, 1.165) is 11.4 Å². The number of allylic oxidation sites excluding steroid dienone is 1. The van der Waals surface area contributed by atoms with Crippen LogP contribution in [0.25, 0.3) is 0 Å². The van der Waals surface area contributed by atoms with E-state index in [9.17, 15) is 0 Å². The van der Waals surface area contributed by atoms with Crippen LogP contribution < -0.4 is 5.32 Å². The summed E-state index contributed by atoms with van der Waals surface area (Å²) in [5, 5.41) is 3.00. The summed E-state index contributed by atoms with van der Waals surface area (Å²) in [6.45, 7) is 2.18. The molecule has 1 heterocycles. The summed E-state index contributed by atoms with van der Waals surface area (Å²) in [5.41, 5.74) is 0. The summed E-state index contributed by atoms with van der Waals surface area (Å²) in [6.07, 6.45) is 6.34. The molecule has 1 nitrogen and oxygen atoms in total. The largest absolute Gasteiger partial charge is 0.357 e. The minimum Gasteiger partial charge on any atom is -0.357 e. The normalized spacial score (nSPS) is 25.9. The van der Waals surface area contributed by atoms with Crippen LogP contribution in [0.2, 0.25) is 0 Å². The van der Waals surface area contributed by atoms with Crippen molar-refractivity contribution in [1.82, 2.24) is 5.32 Å². The van der Waals surface area contributed by atoms with Crippen molar-refractivity contribution in [2.75, 3.05) is 0 Å². The van der Waals surface area contributed by atoms with Gasteiger partial charge in [-0.05, 0) is 18.5 Å². The topological polar surface area (TPSA) is 12.0 Å². The molecule has 0 saturated carbocycles. The zero-order chi connectivity index (χ0) is 6.69. The molecule has 0 aromatic carbocycles. The van der Waals surface area contributed by atoms with Gasteiger partial charge in [0.05, 0.1) is 4.99 Å². The van der Waals surface area contributed by atoms with E-state index in [1.165, 1.54) is 6.42 Å². The lowest BCUT2D eigenvalue weighted by Crippen LogP contribution is -2.22. The minimum atomic E-state index is 0.679. The van der Waals surface area contributed by atoms with Crippen LogP contribution in [0.5, 0.6) is 0 Å². The zero-order valence-electron chi connectivity index (χ0n) is 5.55. The van der Waals surface area contributed by atoms with Crippen molar-refractivity contribution < 1.29 is 0 Å². The van der Waals surface area contributed by atoms with Crippen molar-refractivity contribution in [3.8, 4) is 0 Å². The molecule has 0 bridgehead atoms. The van der Waals surface area contributed by atoms with Crippen LogP contribution in [0.1, 0.15) is 19.8 Å². The molecular weight excluding hydrogens is 130 g/mol. The molecule has 1 rings (SSSR count). The Hall–Kier alpha value is -0.370. The maximum Gasteiger partial charge on any atom is 0.0798 e. The predicted octanol–water partition coefficient (Wildman–Crippen LogP) is 1.85. The van der Waals surface area contributed by atoms with Gasteiger partial charge in [0.15, 0.2) is 0 Å². The standard InChI is InChI=1S/C7H11NS/c1-2-6-3-4-8-7(9)5-6/h3-4,6H,2,5H2,1H3,(H,8,9). The molecular formula is C7H11NS. The molecule has 0 aliphatic carbocycles. The molecule has 50 valence electrons. The first-order chi connectivity index (χ1) is 4.33. The van der Waals surface area contributed by atoms with Crippen molar-refractivity contribution in [2.24, 2.45) is 5.92 Å². The zero-order valence-corrected chi connectivity index (χ0v) is 6.37. The average molecular weight is 141 g/mol. The van der Waals surface area contributed by atoms with Crippen LogP contribution >= 0.6 is 12.2 Å². The molecule has 1 aliphatic rings. The summed E-state index contributed by atoms with van der Waals surface area (Å²) in [6, 6.07) is 0. The van der Waals surface area contributed by atoms with Crippen LogP contribution in [0, 0.1) is 5.92 Å². The molecule has 0 amide bonds. The second-order valence-corrected chi connectivity index (χ2v) is 2.79. The molecule has 0 aromatic heterocycles. The van der Waals surface area contributed by atoms with E-state index < -0.39 is 0 Å². The summed E-state index contributed by atoms with van der Waals surface area (Å²) in [4.78, 5) is 0.976. The Bertz CT molecular complexity index is 140. The van der Waals surface area contributed by atoms with Crippen LogP contribution in [0.4, 0.5) is 0 Å². The number of rotatable bonds is 1. The highest BCUT2D eigenvalue weighted by atomic mass is 32.1. The number of thiocarbonyl (C=S) groups is 1. The Morgan fingerprint density at radius 1 is 1.89 bits per heavy atom. The molecule has 0 spiro atoms. The second-order valence-electron chi connectivity index (χ2n) is 2.30. The molecule has 0 saturated heterocycles. The maximum absolute atomic E-state index is 4.99. The first-order valence-electron chi connectivity index (χ1n) is 3.29. The molecule has 0 aromatic rings. The van der Waals surface area contributed by atoms with E-state index in [-0.39, 0.29) is 0 Å². The summed E-state index contributed by atoms with van der Waals surface area (Å²) < 4.78 is 0. The van der Waals surface area contributed by atoms with E-state index in [2.05, 4.69) is 18.3 Å². The molecule has 0 radical (unpaired) electrons. The van der Waals surface area contributed by atoms with Crippen LogP contribution in [0.3, 0.4) is 0 Å². The monoisotopic (exact) mass is 141 g/mol. The van der Waals surface area contributed by atoms with Gasteiger partial charge in [0, 0.05) is 6.42 Å². The highest BCUT2D eigenvalue weighted by Crippen LogP contribution is 2.12. The first kappa shape index (κ1) is 6.75. The predicted molar refractivity (Wildman–Crippen MR) is 43.3 cm³/mol. The van der Waals surface area contributed by atoms with Gasteiger partial charge < -0.3 is 5.32 Å². The molecule has 0 fully saturated rings. The van der Waals surface area contributed by atoms with E-state index in [4.69, 9.17) is 12.2 Å². The smallest absolute Gasteiger partial charge is 0.0798 e. The van der Waals surface area contributed by atoms with Gasteiger partial charge in [0.1, 0.15) is 0 Å². The highest BCUT2D eigenvalue weighted by Gasteiger charge is 2.08. The van der Waals surface area contributed by atoms with Gasteiger partial charge in [-0.3, -0.25) is 0 Å². The van der Waals surface area contributed by atoms with Crippen molar-refractivity contribution in [1.29, 1.82) is 0 Å². The van der Waals surface area contributed by atoms with Crippen molar-refractivity contribution in [3.63, 3.8) is 0 Å². The van der Waals surface area contributed by atoms with Gasteiger partial charge in [0.2, 0.25) is 0 Å². The van der Waals surface area contributed by atoms with E-state index >= 15 is 0 Å². The third-order valence-electron chi connectivity index (χ3n) is 1.58. The van der Waals surface area contributed by atoms with Crippen molar-refractivity contribution >= 4 is 17.2 Å². The molecule has 1 aliphatic heterocycles. The Balaban J connectivity index is 2.49. The Morgan fingerprint density at radius 3 is 3.11 bits per heavy atom. The molecule has 1 N–H and O–H groups in total. The quantitative estimate of drug-likeness (QED) is 0.559. The summed E-state index contributed by atoms with van der Waals surface area (Å²) in [7, 11) is 0. The third kappa shape index (κ3) is 1.79. The lowest BCUT2D eigenvalue weighted by atomic mass is 10.0. The Kier molecular flexibility index (Phi) is 2.22. The third-order valence-corrected chi connectivity index (χ3v) is 1.87. The average Bonchev–Trinajstić information content (AvgIpc) is 1.88. The fraction of sp³-hybridized carbons (Fsp3) is 0.571. The van der Waals surface area contributed by atoms with Gasteiger partial charge in [0.25, 0.3) is 0 Å². The van der Waals surface area contributed by atoms with Gasteiger partial charge in [-0.15, -0.1) is 0 Å².